The van der Waals surface area contributed by atoms with Gasteiger partial charge in [-0.25, -0.2) is 4.98 Å². The smallest absolute Gasteiger partial charge is 0.283 e. The van der Waals surface area contributed by atoms with Gasteiger partial charge in [-0.2, -0.15) is 9.78 Å². The number of amides is 1. The highest BCUT2D eigenvalue weighted by atomic mass is 35.5. The molecular weight excluding hydrogens is 464 g/mol. The summed E-state index contributed by atoms with van der Waals surface area (Å²) in [6, 6.07) is 15.0. The average Bonchev–Trinajstić information content (AvgIpc) is 3.11. The fourth-order valence-electron chi connectivity index (χ4n) is 3.48. The molecule has 0 unspecified atom stereocenters. The standard InChI is InChI=1S/C23H17ClN4O2S2/c1-12-6-8-14(9-7-12)17-11-31-23-26-21-18(22(30)28(23)27-17)13(2)19(32-21)20(29)25-16-5-3-4-15(24)10-16/h3-10H,11H2,1-2H3,(H,25,29). The van der Waals surface area contributed by atoms with Crippen molar-refractivity contribution in [2.75, 3.05) is 11.1 Å². The Kier molecular flexibility index (Phi) is 5.36. The van der Waals surface area contributed by atoms with Crippen molar-refractivity contribution in [1.82, 2.24) is 9.66 Å². The van der Waals surface area contributed by atoms with E-state index in [1.165, 1.54) is 27.8 Å². The number of carbonyl (C=O) groups excluding carboxylic acids is 1. The van der Waals surface area contributed by atoms with Gasteiger partial charge in [-0.1, -0.05) is 59.3 Å². The molecule has 160 valence electrons. The van der Waals surface area contributed by atoms with Crippen LogP contribution in [-0.4, -0.2) is 27.0 Å². The lowest BCUT2D eigenvalue weighted by atomic mass is 10.1. The molecule has 0 spiro atoms. The van der Waals surface area contributed by atoms with Crippen LogP contribution in [0.15, 0.2) is 63.6 Å². The van der Waals surface area contributed by atoms with Gasteiger partial charge in [0.05, 0.1) is 16.0 Å². The molecule has 2 aromatic heterocycles. The molecule has 1 aliphatic heterocycles. The van der Waals surface area contributed by atoms with Gasteiger partial charge in [-0.15, -0.1) is 11.3 Å². The Morgan fingerprint density at radius 3 is 2.69 bits per heavy atom. The van der Waals surface area contributed by atoms with Gasteiger partial charge in [0.25, 0.3) is 11.5 Å². The van der Waals surface area contributed by atoms with Gasteiger partial charge in [0.2, 0.25) is 0 Å². The third-order valence-corrected chi connectivity index (χ3v) is 7.50. The largest absolute Gasteiger partial charge is 0.321 e. The molecule has 0 saturated heterocycles. The monoisotopic (exact) mass is 480 g/mol. The second-order valence-electron chi connectivity index (χ2n) is 7.41. The van der Waals surface area contributed by atoms with E-state index in [1.807, 2.05) is 31.2 Å². The number of benzene rings is 2. The molecule has 9 heteroatoms. The number of nitrogens with one attached hydrogen (secondary N) is 1. The lowest BCUT2D eigenvalue weighted by Gasteiger charge is -2.15. The van der Waals surface area contributed by atoms with E-state index in [1.54, 1.807) is 31.2 Å². The Morgan fingerprint density at radius 1 is 1.16 bits per heavy atom. The SMILES string of the molecule is Cc1ccc(C2=Nn3c(nc4sc(C(=O)Nc5cccc(Cl)c5)c(C)c4c3=O)SC2)cc1. The van der Waals surface area contributed by atoms with Crippen molar-refractivity contribution >= 4 is 62.2 Å². The summed E-state index contributed by atoms with van der Waals surface area (Å²) in [5, 5.41) is 8.92. The van der Waals surface area contributed by atoms with Crippen molar-refractivity contribution in [2.45, 2.75) is 19.0 Å². The lowest BCUT2D eigenvalue weighted by molar-refractivity contribution is 0.103. The predicted octanol–water partition coefficient (Wildman–Crippen LogP) is 5.34. The van der Waals surface area contributed by atoms with E-state index in [9.17, 15) is 9.59 Å². The van der Waals surface area contributed by atoms with Crippen molar-refractivity contribution in [2.24, 2.45) is 5.10 Å². The Hall–Kier alpha value is -2.94. The number of thiophene rings is 1. The van der Waals surface area contributed by atoms with Crippen molar-refractivity contribution < 1.29 is 4.79 Å². The van der Waals surface area contributed by atoms with Crippen molar-refractivity contribution in [3.05, 3.63) is 85.5 Å². The van der Waals surface area contributed by atoms with Crippen LogP contribution in [0, 0.1) is 13.8 Å². The molecule has 1 N–H and O–H groups in total. The molecule has 2 aromatic carbocycles. The number of halogens is 1. The highest BCUT2D eigenvalue weighted by Crippen LogP contribution is 2.31. The van der Waals surface area contributed by atoms with Gasteiger partial charge in [0, 0.05) is 16.5 Å². The number of hydrogen-bond acceptors (Lipinski definition) is 6. The number of carbonyl (C=O) groups is 1. The molecule has 0 radical (unpaired) electrons. The van der Waals surface area contributed by atoms with E-state index in [-0.39, 0.29) is 11.5 Å². The maximum absolute atomic E-state index is 13.3. The van der Waals surface area contributed by atoms with Crippen LogP contribution in [0.5, 0.6) is 0 Å². The molecule has 0 saturated carbocycles. The van der Waals surface area contributed by atoms with E-state index in [0.29, 0.717) is 42.3 Å². The molecule has 0 bridgehead atoms. The molecule has 0 fully saturated rings. The molecule has 6 nitrogen and oxygen atoms in total. The van der Waals surface area contributed by atoms with Crippen LogP contribution in [0.3, 0.4) is 0 Å². The number of anilines is 1. The van der Waals surface area contributed by atoms with E-state index in [4.69, 9.17) is 11.6 Å². The fraction of sp³-hybridized carbons (Fsp3) is 0.130. The molecule has 0 aliphatic carbocycles. The minimum atomic E-state index is -0.299. The maximum atomic E-state index is 13.3. The normalized spacial score (nSPS) is 13.0. The minimum absolute atomic E-state index is 0.266. The van der Waals surface area contributed by atoms with E-state index >= 15 is 0 Å². The van der Waals surface area contributed by atoms with Crippen LogP contribution in [0.1, 0.15) is 26.4 Å². The van der Waals surface area contributed by atoms with Crippen LogP contribution in [0.4, 0.5) is 5.69 Å². The summed E-state index contributed by atoms with van der Waals surface area (Å²) in [4.78, 5) is 31.8. The number of aromatic nitrogens is 2. The molecule has 1 amide bonds. The first-order valence-electron chi connectivity index (χ1n) is 9.81. The van der Waals surface area contributed by atoms with Gasteiger partial charge in [-0.3, -0.25) is 9.59 Å². The Labute approximate surface area is 197 Å². The third kappa shape index (κ3) is 3.74. The van der Waals surface area contributed by atoms with E-state index < -0.39 is 0 Å². The highest BCUT2D eigenvalue weighted by Gasteiger charge is 2.24. The highest BCUT2D eigenvalue weighted by molar-refractivity contribution is 7.99. The predicted molar refractivity (Wildman–Crippen MR) is 132 cm³/mol. The first-order valence-corrected chi connectivity index (χ1v) is 12.0. The second kappa shape index (κ2) is 8.20. The molecule has 0 atom stereocenters. The van der Waals surface area contributed by atoms with Crippen LogP contribution >= 0.6 is 34.7 Å². The molecule has 3 heterocycles. The van der Waals surface area contributed by atoms with Gasteiger partial charge in [-0.05, 0) is 43.2 Å². The number of thioether (sulfide) groups is 1. The van der Waals surface area contributed by atoms with Crippen molar-refractivity contribution in [3.8, 4) is 0 Å². The first kappa shape index (κ1) is 20.9. The van der Waals surface area contributed by atoms with Gasteiger partial charge in [0.15, 0.2) is 5.16 Å². The molecular formula is C23H17ClN4O2S2. The maximum Gasteiger partial charge on any atom is 0.283 e. The van der Waals surface area contributed by atoms with Crippen molar-refractivity contribution in [3.63, 3.8) is 0 Å². The van der Waals surface area contributed by atoms with Gasteiger partial charge < -0.3 is 5.32 Å². The number of aryl methyl sites for hydroxylation is 2. The molecule has 5 rings (SSSR count). The number of hydrogen-bond donors (Lipinski definition) is 1. The average molecular weight is 481 g/mol. The number of fused-ring (bicyclic) bond motifs is 2. The fourth-order valence-corrected chi connectivity index (χ4v) is 5.68. The minimum Gasteiger partial charge on any atom is -0.321 e. The Bertz CT molecular complexity index is 1470. The van der Waals surface area contributed by atoms with Crippen LogP contribution < -0.4 is 10.9 Å². The zero-order chi connectivity index (χ0) is 22.4. The summed E-state index contributed by atoms with van der Waals surface area (Å²) in [5.41, 5.74) is 3.88. The van der Waals surface area contributed by atoms with Crippen LogP contribution in [0.25, 0.3) is 10.2 Å². The van der Waals surface area contributed by atoms with Crippen LogP contribution in [-0.2, 0) is 0 Å². The third-order valence-electron chi connectivity index (χ3n) is 5.15. The summed E-state index contributed by atoms with van der Waals surface area (Å²) in [6.45, 7) is 3.80. The molecule has 4 aromatic rings. The quantitative estimate of drug-likeness (QED) is 0.401. The summed E-state index contributed by atoms with van der Waals surface area (Å²) in [7, 11) is 0. The van der Waals surface area contributed by atoms with Gasteiger partial charge >= 0.3 is 0 Å². The number of nitrogens with zero attached hydrogens (tertiary/aromatic N) is 3. The zero-order valence-corrected chi connectivity index (χ0v) is 19.6. The summed E-state index contributed by atoms with van der Waals surface area (Å²) >= 11 is 8.68. The van der Waals surface area contributed by atoms with Crippen molar-refractivity contribution in [1.29, 1.82) is 0 Å². The Morgan fingerprint density at radius 2 is 1.94 bits per heavy atom. The van der Waals surface area contributed by atoms with E-state index in [2.05, 4.69) is 15.4 Å². The summed E-state index contributed by atoms with van der Waals surface area (Å²) in [6.07, 6.45) is 0. The zero-order valence-electron chi connectivity index (χ0n) is 17.2. The topological polar surface area (TPSA) is 76.3 Å². The number of rotatable bonds is 3. The summed E-state index contributed by atoms with van der Waals surface area (Å²) in [5.74, 6) is 0.319. The second-order valence-corrected chi connectivity index (χ2v) is 9.79. The van der Waals surface area contributed by atoms with Crippen LogP contribution in [0.2, 0.25) is 5.02 Å². The first-order chi connectivity index (χ1) is 15.4. The molecule has 32 heavy (non-hydrogen) atoms. The molecule has 1 aliphatic rings. The summed E-state index contributed by atoms with van der Waals surface area (Å²) < 4.78 is 1.35. The Balaban J connectivity index is 1.56. The van der Waals surface area contributed by atoms with E-state index in [0.717, 1.165) is 16.8 Å². The van der Waals surface area contributed by atoms with Gasteiger partial charge in [0.1, 0.15) is 4.83 Å². The lowest BCUT2D eigenvalue weighted by Crippen LogP contribution is -2.25.